The number of alkyl halides is 3. The number of nitrogens with zero attached hydrogens (tertiary/aromatic N) is 1. The van der Waals surface area contributed by atoms with Gasteiger partial charge in [0.25, 0.3) is 0 Å². The Hall–Kier alpha value is -2.50. The van der Waals surface area contributed by atoms with E-state index in [4.69, 9.17) is 4.74 Å². The van der Waals surface area contributed by atoms with Crippen molar-refractivity contribution in [2.75, 3.05) is 6.61 Å². The number of hydrogen-bond acceptors (Lipinski definition) is 3. The van der Waals surface area contributed by atoms with Crippen LogP contribution in [0, 0.1) is 0 Å². The van der Waals surface area contributed by atoms with Crippen LogP contribution in [-0.4, -0.2) is 22.9 Å². The normalized spacial score (nSPS) is 12.0. The van der Waals surface area contributed by atoms with Gasteiger partial charge in [0, 0.05) is 29.3 Å². The lowest BCUT2D eigenvalue weighted by Gasteiger charge is -2.10. The second kappa shape index (κ2) is 6.55. The average Bonchev–Trinajstić information content (AvgIpc) is 2.52. The van der Waals surface area contributed by atoms with Gasteiger partial charge in [-0.25, -0.2) is 4.98 Å². The molecule has 0 atom stereocenters. The number of benzene rings is 2. The van der Waals surface area contributed by atoms with Gasteiger partial charge in [0.15, 0.2) is 0 Å². The van der Waals surface area contributed by atoms with Crippen molar-refractivity contribution in [1.29, 1.82) is 0 Å². The largest absolute Gasteiger partial charge is 0.507 e. The maximum atomic E-state index is 12.1. The van der Waals surface area contributed by atoms with E-state index in [1.54, 1.807) is 6.07 Å². The number of aromatic hydroxyl groups is 1. The highest BCUT2D eigenvalue weighted by Gasteiger charge is 2.25. The number of hydrogen-bond donors (Lipinski definition) is 1. The van der Waals surface area contributed by atoms with E-state index in [1.807, 2.05) is 30.3 Å². The summed E-state index contributed by atoms with van der Waals surface area (Å²) in [4.78, 5) is 4.49. The molecule has 2 aromatic carbocycles. The summed E-state index contributed by atoms with van der Waals surface area (Å²) in [6.45, 7) is 0.161. The molecule has 0 radical (unpaired) electrons. The first-order valence-electron chi connectivity index (χ1n) is 7.64. The number of halogens is 3. The van der Waals surface area contributed by atoms with Gasteiger partial charge < -0.3 is 9.84 Å². The number of pyridine rings is 1. The zero-order valence-corrected chi connectivity index (χ0v) is 12.8. The number of phenols is 1. The van der Waals surface area contributed by atoms with Crippen molar-refractivity contribution in [1.82, 2.24) is 4.98 Å². The van der Waals surface area contributed by atoms with Gasteiger partial charge in [-0.1, -0.05) is 18.2 Å². The highest BCUT2D eigenvalue weighted by atomic mass is 19.4. The summed E-state index contributed by atoms with van der Waals surface area (Å²) >= 11 is 0. The third kappa shape index (κ3) is 3.88. The first-order chi connectivity index (χ1) is 11.4. The molecule has 1 aromatic heterocycles. The summed E-state index contributed by atoms with van der Waals surface area (Å²) < 4.78 is 41.7. The zero-order chi connectivity index (χ0) is 17.2. The molecule has 3 rings (SSSR count). The van der Waals surface area contributed by atoms with E-state index in [2.05, 4.69) is 4.98 Å². The van der Waals surface area contributed by atoms with E-state index in [0.717, 1.165) is 10.9 Å². The van der Waals surface area contributed by atoms with Crippen LogP contribution in [0.3, 0.4) is 0 Å². The quantitative estimate of drug-likeness (QED) is 0.514. The van der Waals surface area contributed by atoms with E-state index in [1.165, 1.54) is 6.07 Å². The van der Waals surface area contributed by atoms with Crippen LogP contribution in [-0.2, 0) is 0 Å². The van der Waals surface area contributed by atoms with Crippen LogP contribution < -0.4 is 4.74 Å². The summed E-state index contributed by atoms with van der Waals surface area (Å²) in [5.41, 5.74) is 1.38. The van der Waals surface area contributed by atoms with Crippen molar-refractivity contribution >= 4 is 21.8 Å². The van der Waals surface area contributed by atoms with Crippen molar-refractivity contribution in [3.63, 3.8) is 0 Å². The molecular formula is C18H16F3NO2. The topological polar surface area (TPSA) is 42.4 Å². The molecule has 3 aromatic rings. The van der Waals surface area contributed by atoms with E-state index in [9.17, 15) is 18.3 Å². The van der Waals surface area contributed by atoms with Crippen LogP contribution in [0.5, 0.6) is 11.5 Å². The van der Waals surface area contributed by atoms with Crippen molar-refractivity contribution in [3.05, 3.63) is 42.5 Å². The summed E-state index contributed by atoms with van der Waals surface area (Å²) in [5.74, 6) is 0.436. The molecule has 0 aliphatic carbocycles. The monoisotopic (exact) mass is 335 g/mol. The number of rotatable bonds is 5. The molecule has 0 saturated carbocycles. The highest BCUT2D eigenvalue weighted by Crippen LogP contribution is 2.31. The Labute approximate surface area is 136 Å². The van der Waals surface area contributed by atoms with Gasteiger partial charge in [-0.05, 0) is 25.0 Å². The molecule has 0 saturated heterocycles. The van der Waals surface area contributed by atoms with Gasteiger partial charge in [-0.2, -0.15) is 13.2 Å². The number of fused-ring (bicyclic) bond motifs is 2. The average molecular weight is 335 g/mol. The first-order valence-corrected chi connectivity index (χ1v) is 7.64. The summed E-state index contributed by atoms with van der Waals surface area (Å²) in [5, 5.41) is 11.7. The second-order valence-corrected chi connectivity index (χ2v) is 5.61. The molecule has 24 heavy (non-hydrogen) atoms. The Bertz CT molecular complexity index is 862. The predicted octanol–water partition coefficient (Wildman–Crippen LogP) is 5.21. The van der Waals surface area contributed by atoms with Gasteiger partial charge >= 0.3 is 6.18 Å². The highest BCUT2D eigenvalue weighted by molar-refractivity contribution is 5.96. The zero-order valence-electron chi connectivity index (χ0n) is 12.8. The van der Waals surface area contributed by atoms with E-state index in [-0.39, 0.29) is 18.8 Å². The lowest BCUT2D eigenvalue weighted by atomic mass is 10.1. The van der Waals surface area contributed by atoms with E-state index in [0.29, 0.717) is 23.1 Å². The smallest absolute Gasteiger partial charge is 0.389 e. The standard InChI is InChI=1S/C18H16F3NO2/c19-18(20,21)7-3-4-8-24-13-10-16-14(17(23)11-13)9-12-5-1-2-6-15(12)22-16/h1-2,5-6,9-11,23H,3-4,7-8H2. The third-order valence-electron chi connectivity index (χ3n) is 3.71. The van der Waals surface area contributed by atoms with Gasteiger partial charge in [0.2, 0.25) is 0 Å². The van der Waals surface area contributed by atoms with Crippen LogP contribution in [0.1, 0.15) is 19.3 Å². The molecule has 0 aliphatic heterocycles. The minimum atomic E-state index is -4.13. The van der Waals surface area contributed by atoms with Crippen molar-refractivity contribution in [2.24, 2.45) is 0 Å². The molecule has 0 unspecified atom stereocenters. The molecule has 1 heterocycles. The molecule has 0 spiro atoms. The predicted molar refractivity (Wildman–Crippen MR) is 86.3 cm³/mol. The Balaban J connectivity index is 1.74. The molecule has 6 heteroatoms. The Morgan fingerprint density at radius 3 is 2.58 bits per heavy atom. The maximum Gasteiger partial charge on any atom is 0.389 e. The molecule has 126 valence electrons. The second-order valence-electron chi connectivity index (χ2n) is 5.61. The minimum Gasteiger partial charge on any atom is -0.507 e. The number of unbranched alkanes of at least 4 members (excludes halogenated alkanes) is 1. The van der Waals surface area contributed by atoms with Crippen molar-refractivity contribution in [2.45, 2.75) is 25.4 Å². The molecule has 0 amide bonds. The number of phenolic OH excluding ortho intramolecular Hbond substituents is 1. The lowest BCUT2D eigenvalue weighted by molar-refractivity contribution is -0.135. The van der Waals surface area contributed by atoms with Crippen LogP contribution in [0.15, 0.2) is 42.5 Å². The summed E-state index contributed by atoms with van der Waals surface area (Å²) in [6.07, 6.45) is -4.63. The number of para-hydroxylation sites is 1. The SMILES string of the molecule is Oc1cc(OCCCCC(F)(F)F)cc2nc3ccccc3cc12. The lowest BCUT2D eigenvalue weighted by Crippen LogP contribution is -2.07. The van der Waals surface area contributed by atoms with Gasteiger partial charge in [-0.3, -0.25) is 0 Å². The third-order valence-corrected chi connectivity index (χ3v) is 3.71. The molecule has 1 N–H and O–H groups in total. The first kappa shape index (κ1) is 16.4. The maximum absolute atomic E-state index is 12.1. The molecule has 0 bridgehead atoms. The van der Waals surface area contributed by atoms with Crippen LogP contribution in [0.25, 0.3) is 21.8 Å². The van der Waals surface area contributed by atoms with Crippen LogP contribution in [0.2, 0.25) is 0 Å². The molecule has 0 aliphatic rings. The molecule has 3 nitrogen and oxygen atoms in total. The van der Waals surface area contributed by atoms with E-state index < -0.39 is 12.6 Å². The van der Waals surface area contributed by atoms with Crippen molar-refractivity contribution in [3.8, 4) is 11.5 Å². The Kier molecular flexibility index (Phi) is 4.46. The summed E-state index contributed by atoms with van der Waals surface area (Å²) in [7, 11) is 0. The minimum absolute atomic E-state index is 0.0198. The van der Waals surface area contributed by atoms with Crippen LogP contribution >= 0.6 is 0 Å². The number of aromatic nitrogens is 1. The fourth-order valence-corrected chi connectivity index (χ4v) is 2.54. The van der Waals surface area contributed by atoms with Gasteiger partial charge in [-0.15, -0.1) is 0 Å². The fourth-order valence-electron chi connectivity index (χ4n) is 2.54. The molecule has 0 fully saturated rings. The number of ether oxygens (including phenoxy) is 1. The molecular weight excluding hydrogens is 319 g/mol. The Morgan fingerprint density at radius 1 is 1.00 bits per heavy atom. The van der Waals surface area contributed by atoms with Gasteiger partial charge in [0.1, 0.15) is 11.5 Å². The van der Waals surface area contributed by atoms with Gasteiger partial charge in [0.05, 0.1) is 17.6 Å². The fraction of sp³-hybridized carbons (Fsp3) is 0.278. The van der Waals surface area contributed by atoms with Crippen LogP contribution in [0.4, 0.5) is 13.2 Å². The Morgan fingerprint density at radius 2 is 1.79 bits per heavy atom. The van der Waals surface area contributed by atoms with E-state index >= 15 is 0 Å². The summed E-state index contributed by atoms with van der Waals surface area (Å²) in [6, 6.07) is 12.5. The van der Waals surface area contributed by atoms with Crippen molar-refractivity contribution < 1.29 is 23.0 Å².